The number of hydrogen-bond acceptors (Lipinski definition) is 0. The van der Waals surface area contributed by atoms with E-state index in [1.54, 1.807) is 0 Å². The van der Waals surface area contributed by atoms with Crippen molar-refractivity contribution in [2.24, 2.45) is 5.92 Å². The van der Waals surface area contributed by atoms with Crippen LogP contribution in [0.2, 0.25) is 0 Å². The molecule has 0 saturated heterocycles. The van der Waals surface area contributed by atoms with Crippen LogP contribution in [0.25, 0.3) is 0 Å². The Bertz CT molecular complexity index is 174. The largest absolute Gasteiger partial charge is 0.0654 e. The molecular weight excluding hydrogens is 240 g/mol. The maximum Gasteiger partial charge on any atom is -0.0414 e. The van der Waals surface area contributed by atoms with Crippen LogP contribution < -0.4 is 0 Å². The van der Waals surface area contributed by atoms with Gasteiger partial charge in [0.05, 0.1) is 0 Å². The molecule has 0 aromatic heterocycles. The third-order valence-corrected chi connectivity index (χ3v) is 5.19. The van der Waals surface area contributed by atoms with Crippen molar-refractivity contribution in [3.05, 3.63) is 0 Å². The molecule has 1 rings (SSSR count). The summed E-state index contributed by atoms with van der Waals surface area (Å²) in [7, 11) is 0. The van der Waals surface area contributed by atoms with Crippen molar-refractivity contribution in [3.8, 4) is 0 Å². The van der Waals surface area contributed by atoms with Gasteiger partial charge in [-0.15, -0.1) is 0 Å². The zero-order chi connectivity index (χ0) is 14.3. The average Bonchev–Trinajstić information content (AvgIpc) is 2.59. The predicted molar refractivity (Wildman–Crippen MR) is 92.3 cm³/mol. The van der Waals surface area contributed by atoms with Crippen molar-refractivity contribution in [3.63, 3.8) is 0 Å². The molecule has 0 nitrogen and oxygen atoms in total. The van der Waals surface area contributed by atoms with E-state index in [1.165, 1.54) is 116 Å². The molecule has 1 aliphatic rings. The van der Waals surface area contributed by atoms with E-state index in [9.17, 15) is 0 Å². The van der Waals surface area contributed by atoms with Gasteiger partial charge in [-0.05, 0) is 5.92 Å². The quantitative estimate of drug-likeness (QED) is 0.360. The second kappa shape index (κ2) is 14.0. The summed E-state index contributed by atoms with van der Waals surface area (Å²) in [6.07, 6.45) is 26.9. The normalized spacial score (nSPS) is 18.4. The van der Waals surface area contributed by atoms with Crippen molar-refractivity contribution in [1.82, 2.24) is 0 Å². The van der Waals surface area contributed by atoms with Crippen molar-refractivity contribution in [1.29, 1.82) is 0 Å². The topological polar surface area (TPSA) is 0 Å². The average molecular weight is 281 g/mol. The summed E-state index contributed by atoms with van der Waals surface area (Å²) in [5.41, 5.74) is 0. The molecule has 0 aromatic rings. The Balaban J connectivity index is 1.88. The van der Waals surface area contributed by atoms with Crippen LogP contribution in [-0.2, 0) is 0 Å². The van der Waals surface area contributed by atoms with E-state index in [-0.39, 0.29) is 0 Å². The highest BCUT2D eigenvalue weighted by Gasteiger charge is 2.10. The third-order valence-electron chi connectivity index (χ3n) is 5.19. The van der Waals surface area contributed by atoms with E-state index in [1.807, 2.05) is 0 Å². The molecule has 120 valence electrons. The fourth-order valence-electron chi connectivity index (χ4n) is 3.75. The van der Waals surface area contributed by atoms with Crippen LogP contribution >= 0.6 is 0 Å². The number of hydrogen-bond donors (Lipinski definition) is 0. The van der Waals surface area contributed by atoms with Crippen LogP contribution in [-0.4, -0.2) is 0 Å². The van der Waals surface area contributed by atoms with Gasteiger partial charge >= 0.3 is 0 Å². The Morgan fingerprint density at radius 1 is 0.550 bits per heavy atom. The van der Waals surface area contributed by atoms with Gasteiger partial charge in [0.25, 0.3) is 0 Å². The molecule has 0 N–H and O–H groups in total. The molecule has 0 unspecified atom stereocenters. The van der Waals surface area contributed by atoms with Crippen LogP contribution in [0.4, 0.5) is 0 Å². The van der Waals surface area contributed by atoms with Gasteiger partial charge in [-0.3, -0.25) is 0 Å². The lowest BCUT2D eigenvalue weighted by molar-refractivity contribution is 0.381. The molecule has 0 heterocycles. The van der Waals surface area contributed by atoms with Gasteiger partial charge in [-0.1, -0.05) is 122 Å². The van der Waals surface area contributed by atoms with E-state index < -0.39 is 0 Å². The Labute approximate surface area is 129 Å². The predicted octanol–water partition coefficient (Wildman–Crippen LogP) is 7.66. The van der Waals surface area contributed by atoms with Gasteiger partial charge in [0.15, 0.2) is 0 Å². The first-order chi connectivity index (χ1) is 9.93. The summed E-state index contributed by atoms with van der Waals surface area (Å²) in [5, 5.41) is 0. The third kappa shape index (κ3) is 10.7. The molecule has 0 atom stereocenters. The summed E-state index contributed by atoms with van der Waals surface area (Å²) < 4.78 is 0. The standard InChI is InChI=1S/C20H40/c1-2-3-4-5-6-7-8-11-14-17-20-18-15-12-9-10-13-16-19-20/h20H,2-19H2,1H3. The van der Waals surface area contributed by atoms with Crippen LogP contribution in [0.3, 0.4) is 0 Å². The van der Waals surface area contributed by atoms with Crippen LogP contribution in [0.1, 0.15) is 122 Å². The Hall–Kier alpha value is 0. The van der Waals surface area contributed by atoms with Crippen LogP contribution in [0.15, 0.2) is 0 Å². The lowest BCUT2D eigenvalue weighted by Crippen LogP contribution is -2.00. The second-order valence-electron chi connectivity index (χ2n) is 7.18. The fourth-order valence-corrected chi connectivity index (χ4v) is 3.75. The maximum absolute atomic E-state index is 2.30. The van der Waals surface area contributed by atoms with E-state index in [0.29, 0.717) is 0 Å². The van der Waals surface area contributed by atoms with Crippen LogP contribution in [0.5, 0.6) is 0 Å². The molecule has 20 heavy (non-hydrogen) atoms. The highest BCUT2D eigenvalue weighted by molar-refractivity contribution is 4.63. The molecular formula is C20H40. The molecule has 0 aliphatic heterocycles. The Kier molecular flexibility index (Phi) is 12.6. The first-order valence-electron chi connectivity index (χ1n) is 9.93. The van der Waals surface area contributed by atoms with Gasteiger partial charge < -0.3 is 0 Å². The highest BCUT2D eigenvalue weighted by Crippen LogP contribution is 2.26. The molecule has 0 heteroatoms. The molecule has 1 aliphatic carbocycles. The molecule has 1 fully saturated rings. The summed E-state index contributed by atoms with van der Waals surface area (Å²) in [4.78, 5) is 0. The molecule has 0 aromatic carbocycles. The number of unbranched alkanes of at least 4 members (excludes halogenated alkanes) is 8. The zero-order valence-corrected chi connectivity index (χ0v) is 14.3. The minimum absolute atomic E-state index is 1.08. The zero-order valence-electron chi connectivity index (χ0n) is 14.3. The van der Waals surface area contributed by atoms with Crippen molar-refractivity contribution in [2.45, 2.75) is 122 Å². The molecule has 0 bridgehead atoms. The lowest BCUT2D eigenvalue weighted by atomic mass is 9.91. The Morgan fingerprint density at radius 3 is 1.55 bits per heavy atom. The fraction of sp³-hybridized carbons (Fsp3) is 1.00. The van der Waals surface area contributed by atoms with Crippen molar-refractivity contribution in [2.75, 3.05) is 0 Å². The van der Waals surface area contributed by atoms with Gasteiger partial charge in [0.2, 0.25) is 0 Å². The summed E-state index contributed by atoms with van der Waals surface area (Å²) in [6, 6.07) is 0. The van der Waals surface area contributed by atoms with E-state index in [0.717, 1.165) is 5.92 Å². The van der Waals surface area contributed by atoms with Gasteiger partial charge in [-0.2, -0.15) is 0 Å². The first kappa shape index (κ1) is 18.1. The molecule has 1 saturated carbocycles. The maximum atomic E-state index is 2.30. The number of rotatable bonds is 10. The minimum Gasteiger partial charge on any atom is -0.0654 e. The first-order valence-corrected chi connectivity index (χ1v) is 9.93. The molecule has 0 amide bonds. The van der Waals surface area contributed by atoms with Gasteiger partial charge in [-0.25, -0.2) is 0 Å². The molecule has 0 spiro atoms. The lowest BCUT2D eigenvalue weighted by Gasteiger charge is -2.15. The summed E-state index contributed by atoms with van der Waals surface area (Å²) >= 11 is 0. The summed E-state index contributed by atoms with van der Waals surface area (Å²) in [6.45, 7) is 2.30. The molecule has 0 radical (unpaired) electrons. The Morgan fingerprint density at radius 2 is 1.00 bits per heavy atom. The van der Waals surface area contributed by atoms with Gasteiger partial charge in [0.1, 0.15) is 0 Å². The SMILES string of the molecule is CCCCCCCCCCCC1CCCCCCCC1. The monoisotopic (exact) mass is 280 g/mol. The van der Waals surface area contributed by atoms with E-state index in [2.05, 4.69) is 6.92 Å². The van der Waals surface area contributed by atoms with Crippen molar-refractivity contribution < 1.29 is 0 Å². The van der Waals surface area contributed by atoms with Crippen LogP contribution in [0, 0.1) is 5.92 Å². The highest BCUT2D eigenvalue weighted by atomic mass is 14.2. The smallest absolute Gasteiger partial charge is 0.0414 e. The summed E-state index contributed by atoms with van der Waals surface area (Å²) in [5.74, 6) is 1.08. The van der Waals surface area contributed by atoms with E-state index in [4.69, 9.17) is 0 Å². The minimum atomic E-state index is 1.08. The second-order valence-corrected chi connectivity index (χ2v) is 7.18. The van der Waals surface area contributed by atoms with Crippen molar-refractivity contribution >= 4 is 0 Å². The van der Waals surface area contributed by atoms with E-state index >= 15 is 0 Å². The van der Waals surface area contributed by atoms with Gasteiger partial charge in [0, 0.05) is 0 Å².